The van der Waals surface area contributed by atoms with Crippen LogP contribution in [0.2, 0.25) is 0 Å². The van der Waals surface area contributed by atoms with E-state index in [1.165, 1.54) is 18.7 Å². The number of pyridine rings is 1. The Morgan fingerprint density at radius 2 is 1.52 bits per heavy atom. The summed E-state index contributed by atoms with van der Waals surface area (Å²) in [6.07, 6.45) is 3.42. The number of thioether (sulfide) groups is 1. The molecular formula is C24H22N6O2S. The van der Waals surface area contributed by atoms with E-state index in [-0.39, 0.29) is 17.6 Å². The molecule has 0 aliphatic carbocycles. The lowest BCUT2D eigenvalue weighted by atomic mass is 10.2. The van der Waals surface area contributed by atoms with Crippen molar-refractivity contribution < 1.29 is 9.59 Å². The Labute approximate surface area is 195 Å². The molecule has 0 aliphatic rings. The van der Waals surface area contributed by atoms with E-state index in [9.17, 15) is 9.59 Å². The first kappa shape index (κ1) is 22.2. The number of benzene rings is 2. The summed E-state index contributed by atoms with van der Waals surface area (Å²) in [5, 5.41) is 14.9. The summed E-state index contributed by atoms with van der Waals surface area (Å²) in [6.45, 7) is 3.48. The first-order valence-corrected chi connectivity index (χ1v) is 11.2. The highest BCUT2D eigenvalue weighted by molar-refractivity contribution is 7.99. The van der Waals surface area contributed by atoms with Crippen molar-refractivity contribution in [1.29, 1.82) is 0 Å². The molecule has 2 heterocycles. The van der Waals surface area contributed by atoms with E-state index in [1.807, 2.05) is 47.9 Å². The molecule has 0 fully saturated rings. The van der Waals surface area contributed by atoms with E-state index in [4.69, 9.17) is 0 Å². The zero-order valence-corrected chi connectivity index (χ0v) is 19.0. The van der Waals surface area contributed by atoms with Crippen molar-refractivity contribution in [3.63, 3.8) is 0 Å². The van der Waals surface area contributed by atoms with Gasteiger partial charge in [-0.3, -0.25) is 19.1 Å². The van der Waals surface area contributed by atoms with Gasteiger partial charge in [0, 0.05) is 41.9 Å². The molecule has 2 aromatic heterocycles. The topological polar surface area (TPSA) is 102 Å². The van der Waals surface area contributed by atoms with Crippen molar-refractivity contribution in [3.05, 3.63) is 78.6 Å². The third kappa shape index (κ3) is 5.64. The van der Waals surface area contributed by atoms with E-state index < -0.39 is 0 Å². The molecule has 4 rings (SSSR count). The predicted octanol–water partition coefficient (Wildman–Crippen LogP) is 4.33. The molecule has 33 heavy (non-hydrogen) atoms. The van der Waals surface area contributed by atoms with Crippen LogP contribution in [0.15, 0.2) is 78.2 Å². The lowest BCUT2D eigenvalue weighted by molar-refractivity contribution is -0.114. The standard InChI is InChI=1S/C24H22N6O2S/c1-16-3-9-21(10-4-16)30-23(18-11-13-25-14-12-18)28-29-24(30)33-15-22(32)27-20-7-5-19(6-8-20)26-17(2)31/h3-14H,15H2,1-2H3,(H,26,31)(H,27,32). The number of nitrogens with zero attached hydrogens (tertiary/aromatic N) is 4. The summed E-state index contributed by atoms with van der Waals surface area (Å²) in [7, 11) is 0. The fraction of sp³-hybridized carbons (Fsp3) is 0.125. The summed E-state index contributed by atoms with van der Waals surface area (Å²) >= 11 is 1.31. The van der Waals surface area contributed by atoms with Crippen LogP contribution in [0.5, 0.6) is 0 Å². The van der Waals surface area contributed by atoms with E-state index >= 15 is 0 Å². The van der Waals surface area contributed by atoms with Gasteiger partial charge in [-0.1, -0.05) is 29.5 Å². The number of anilines is 2. The minimum Gasteiger partial charge on any atom is -0.326 e. The summed E-state index contributed by atoms with van der Waals surface area (Å²) in [5.41, 5.74) is 4.26. The largest absolute Gasteiger partial charge is 0.326 e. The average Bonchev–Trinajstić information content (AvgIpc) is 3.24. The van der Waals surface area contributed by atoms with Crippen LogP contribution in [-0.4, -0.2) is 37.3 Å². The highest BCUT2D eigenvalue weighted by Gasteiger charge is 2.17. The van der Waals surface area contributed by atoms with Crippen molar-refractivity contribution >= 4 is 35.0 Å². The Morgan fingerprint density at radius 1 is 0.879 bits per heavy atom. The molecule has 0 atom stereocenters. The molecule has 0 saturated heterocycles. The fourth-order valence-electron chi connectivity index (χ4n) is 3.15. The fourth-order valence-corrected chi connectivity index (χ4v) is 3.90. The van der Waals surface area contributed by atoms with E-state index in [0.717, 1.165) is 16.8 Å². The highest BCUT2D eigenvalue weighted by Crippen LogP contribution is 2.28. The van der Waals surface area contributed by atoms with Gasteiger partial charge in [-0.25, -0.2) is 0 Å². The monoisotopic (exact) mass is 458 g/mol. The molecule has 2 amide bonds. The van der Waals surface area contributed by atoms with Gasteiger partial charge in [0.1, 0.15) is 0 Å². The second kappa shape index (κ2) is 10.1. The van der Waals surface area contributed by atoms with Gasteiger partial charge in [-0.15, -0.1) is 10.2 Å². The molecule has 2 N–H and O–H groups in total. The van der Waals surface area contributed by atoms with Crippen molar-refractivity contribution in [2.75, 3.05) is 16.4 Å². The second-order valence-electron chi connectivity index (χ2n) is 7.31. The molecule has 0 saturated carbocycles. The highest BCUT2D eigenvalue weighted by atomic mass is 32.2. The molecule has 8 nitrogen and oxygen atoms in total. The SMILES string of the molecule is CC(=O)Nc1ccc(NC(=O)CSc2nnc(-c3ccncc3)n2-c2ccc(C)cc2)cc1. The maximum Gasteiger partial charge on any atom is 0.234 e. The van der Waals surface area contributed by atoms with Crippen LogP contribution in [0.25, 0.3) is 17.1 Å². The molecular weight excluding hydrogens is 436 g/mol. The van der Waals surface area contributed by atoms with Gasteiger partial charge in [0.2, 0.25) is 11.8 Å². The van der Waals surface area contributed by atoms with Crippen LogP contribution in [0, 0.1) is 6.92 Å². The second-order valence-corrected chi connectivity index (χ2v) is 8.25. The van der Waals surface area contributed by atoms with Gasteiger partial charge in [0.05, 0.1) is 5.75 Å². The van der Waals surface area contributed by atoms with Crippen LogP contribution >= 0.6 is 11.8 Å². The van der Waals surface area contributed by atoms with Crippen molar-refractivity contribution in [2.45, 2.75) is 19.0 Å². The molecule has 0 spiro atoms. The number of rotatable bonds is 7. The van der Waals surface area contributed by atoms with Crippen LogP contribution in [0.3, 0.4) is 0 Å². The molecule has 4 aromatic rings. The molecule has 9 heteroatoms. The Hall–Kier alpha value is -3.98. The number of hydrogen-bond acceptors (Lipinski definition) is 6. The van der Waals surface area contributed by atoms with Crippen molar-refractivity contribution in [3.8, 4) is 17.1 Å². The van der Waals surface area contributed by atoms with Gasteiger partial charge in [0.15, 0.2) is 11.0 Å². The van der Waals surface area contributed by atoms with E-state index in [1.54, 1.807) is 36.7 Å². The number of carbonyl (C=O) groups is 2. The Kier molecular flexibility index (Phi) is 6.80. The van der Waals surface area contributed by atoms with Crippen molar-refractivity contribution in [2.24, 2.45) is 0 Å². The molecule has 166 valence electrons. The molecule has 0 aliphatic heterocycles. The number of amides is 2. The number of hydrogen-bond donors (Lipinski definition) is 2. The van der Waals surface area contributed by atoms with E-state index in [0.29, 0.717) is 22.4 Å². The minimum atomic E-state index is -0.170. The summed E-state index contributed by atoms with van der Waals surface area (Å²) in [4.78, 5) is 27.8. The van der Waals surface area contributed by atoms with E-state index in [2.05, 4.69) is 25.8 Å². The van der Waals surface area contributed by atoms with Gasteiger partial charge >= 0.3 is 0 Å². The van der Waals surface area contributed by atoms with Gasteiger partial charge in [0.25, 0.3) is 0 Å². The maximum absolute atomic E-state index is 12.6. The number of aryl methyl sites for hydroxylation is 1. The van der Waals surface area contributed by atoms with Gasteiger partial charge in [-0.2, -0.15) is 0 Å². The summed E-state index contributed by atoms with van der Waals surface area (Å²) < 4.78 is 1.94. The first-order valence-electron chi connectivity index (χ1n) is 10.2. The molecule has 0 radical (unpaired) electrons. The quantitative estimate of drug-likeness (QED) is 0.400. The summed E-state index contributed by atoms with van der Waals surface area (Å²) in [6, 6.07) is 18.8. The normalized spacial score (nSPS) is 10.6. The maximum atomic E-state index is 12.6. The Balaban J connectivity index is 1.51. The molecule has 0 unspecified atom stereocenters. The number of aromatic nitrogens is 4. The lowest BCUT2D eigenvalue weighted by Gasteiger charge is -2.11. The first-order chi connectivity index (χ1) is 16.0. The number of nitrogens with one attached hydrogen (secondary N) is 2. The average molecular weight is 459 g/mol. The Morgan fingerprint density at radius 3 is 2.15 bits per heavy atom. The minimum absolute atomic E-state index is 0.146. The van der Waals surface area contributed by atoms with Gasteiger partial charge in [-0.05, 0) is 55.5 Å². The van der Waals surface area contributed by atoms with Crippen LogP contribution in [-0.2, 0) is 9.59 Å². The van der Waals surface area contributed by atoms with Crippen LogP contribution in [0.1, 0.15) is 12.5 Å². The third-order valence-corrected chi connectivity index (χ3v) is 5.61. The van der Waals surface area contributed by atoms with Gasteiger partial charge < -0.3 is 10.6 Å². The summed E-state index contributed by atoms with van der Waals surface area (Å²) in [5.74, 6) is 0.522. The smallest absolute Gasteiger partial charge is 0.234 e. The van der Waals surface area contributed by atoms with Crippen molar-refractivity contribution in [1.82, 2.24) is 19.7 Å². The lowest BCUT2D eigenvalue weighted by Crippen LogP contribution is -2.14. The Bertz CT molecular complexity index is 1250. The third-order valence-electron chi connectivity index (χ3n) is 4.69. The van der Waals surface area contributed by atoms with Crippen LogP contribution in [0.4, 0.5) is 11.4 Å². The van der Waals surface area contributed by atoms with Crippen LogP contribution < -0.4 is 10.6 Å². The number of carbonyl (C=O) groups excluding carboxylic acids is 2. The molecule has 0 bridgehead atoms. The zero-order valence-electron chi connectivity index (χ0n) is 18.1. The zero-order chi connectivity index (χ0) is 23.2. The predicted molar refractivity (Wildman–Crippen MR) is 129 cm³/mol. The molecule has 2 aromatic carbocycles.